The van der Waals surface area contributed by atoms with Crippen LogP contribution in [-0.4, -0.2) is 44.3 Å². The first kappa shape index (κ1) is 27.4. The molecule has 0 fully saturated rings. The molecule has 0 aliphatic carbocycles. The van der Waals surface area contributed by atoms with Crippen molar-refractivity contribution in [2.75, 3.05) is 0 Å². The molecule has 4 N–H and O–H groups in total. The van der Waals surface area contributed by atoms with E-state index in [-0.39, 0.29) is 33.8 Å². The third-order valence-electron chi connectivity index (χ3n) is 6.06. The number of hydrogen-bond acceptors (Lipinski definition) is 6. The van der Waals surface area contributed by atoms with E-state index in [1.165, 1.54) is 24.3 Å². The molecule has 0 spiro atoms. The Morgan fingerprint density at radius 1 is 0.450 bits per heavy atom. The van der Waals surface area contributed by atoms with Gasteiger partial charge < -0.3 is 29.9 Å². The van der Waals surface area contributed by atoms with Gasteiger partial charge in [0.1, 0.15) is 23.0 Å². The number of carboxylic acid groups (broad SMARTS) is 4. The lowest BCUT2D eigenvalue weighted by atomic mass is 9.96. The van der Waals surface area contributed by atoms with E-state index in [4.69, 9.17) is 9.47 Å². The standard InChI is InChI=1S/C30H22O10/c1-15-11-17(39-19-5-9-23(27(31)32)25(13-19)29(35)36)3-7-21(15)22-8-4-18(12-16(22)2)40-20-6-10-24(28(33)34)26(14-20)30(37)38/h3-14H,1-2H3,(H,31,32)(H,33,34)(H,35,36)(H,37,38). The van der Waals surface area contributed by atoms with E-state index >= 15 is 0 Å². The molecule has 0 unspecified atom stereocenters. The zero-order valence-electron chi connectivity index (χ0n) is 21.2. The van der Waals surface area contributed by atoms with E-state index in [0.29, 0.717) is 11.5 Å². The maximum atomic E-state index is 11.5. The molecule has 0 heterocycles. The van der Waals surface area contributed by atoms with E-state index in [0.717, 1.165) is 34.4 Å². The second-order valence-electron chi connectivity index (χ2n) is 8.79. The van der Waals surface area contributed by atoms with Gasteiger partial charge in [0.2, 0.25) is 0 Å². The predicted molar refractivity (Wildman–Crippen MR) is 142 cm³/mol. The van der Waals surface area contributed by atoms with Gasteiger partial charge in [0.05, 0.1) is 22.3 Å². The van der Waals surface area contributed by atoms with Gasteiger partial charge in [-0.2, -0.15) is 0 Å². The molecule has 0 aliphatic heterocycles. The molecule has 10 heteroatoms. The Bertz CT molecular complexity index is 1560. The highest BCUT2D eigenvalue weighted by Crippen LogP contribution is 2.34. The number of aryl methyl sites for hydroxylation is 2. The van der Waals surface area contributed by atoms with E-state index in [1.807, 2.05) is 26.0 Å². The molecular weight excluding hydrogens is 520 g/mol. The summed E-state index contributed by atoms with van der Waals surface area (Å²) in [5.41, 5.74) is 2.05. The second-order valence-corrected chi connectivity index (χ2v) is 8.79. The molecular formula is C30H22O10. The molecule has 0 aliphatic rings. The minimum atomic E-state index is -1.38. The Morgan fingerprint density at radius 3 is 1.05 bits per heavy atom. The van der Waals surface area contributed by atoms with Crippen LogP contribution in [0.3, 0.4) is 0 Å². The van der Waals surface area contributed by atoms with Crippen molar-refractivity contribution in [2.45, 2.75) is 13.8 Å². The summed E-state index contributed by atoms with van der Waals surface area (Å²) in [5, 5.41) is 37.0. The van der Waals surface area contributed by atoms with E-state index in [2.05, 4.69) is 0 Å². The molecule has 0 amide bonds. The van der Waals surface area contributed by atoms with Crippen LogP contribution < -0.4 is 9.47 Å². The van der Waals surface area contributed by atoms with E-state index in [1.54, 1.807) is 24.3 Å². The van der Waals surface area contributed by atoms with Crippen LogP contribution in [0.4, 0.5) is 0 Å². The Labute approximate surface area is 227 Å². The summed E-state index contributed by atoms with van der Waals surface area (Å²) in [7, 11) is 0. The number of ether oxygens (including phenoxy) is 2. The first-order valence-corrected chi connectivity index (χ1v) is 11.7. The molecule has 0 radical (unpaired) electrons. The zero-order chi connectivity index (χ0) is 29.1. The Kier molecular flexibility index (Phi) is 7.53. The molecule has 0 saturated carbocycles. The molecule has 40 heavy (non-hydrogen) atoms. The Morgan fingerprint density at radius 2 is 0.750 bits per heavy atom. The van der Waals surface area contributed by atoms with Crippen molar-refractivity contribution >= 4 is 23.9 Å². The monoisotopic (exact) mass is 542 g/mol. The van der Waals surface area contributed by atoms with Crippen LogP contribution >= 0.6 is 0 Å². The lowest BCUT2D eigenvalue weighted by Gasteiger charge is -2.14. The number of rotatable bonds is 9. The van der Waals surface area contributed by atoms with Crippen molar-refractivity contribution in [1.82, 2.24) is 0 Å². The summed E-state index contributed by atoms with van der Waals surface area (Å²) in [6, 6.07) is 18.1. The van der Waals surface area contributed by atoms with Crippen LogP contribution in [0.25, 0.3) is 11.1 Å². The molecule has 4 rings (SSSR count). The third-order valence-corrected chi connectivity index (χ3v) is 6.06. The molecule has 0 bridgehead atoms. The summed E-state index contributed by atoms with van der Waals surface area (Å²) in [6.07, 6.45) is 0. The lowest BCUT2D eigenvalue weighted by molar-refractivity contribution is 0.0651. The molecule has 0 saturated heterocycles. The minimum Gasteiger partial charge on any atom is -0.478 e. The van der Waals surface area contributed by atoms with Gasteiger partial charge in [-0.25, -0.2) is 19.2 Å². The molecule has 0 atom stereocenters. The number of aromatic carboxylic acids is 4. The van der Waals surface area contributed by atoms with Gasteiger partial charge in [-0.15, -0.1) is 0 Å². The van der Waals surface area contributed by atoms with Crippen LogP contribution in [0.2, 0.25) is 0 Å². The number of benzene rings is 4. The van der Waals surface area contributed by atoms with Gasteiger partial charge in [0, 0.05) is 0 Å². The normalized spacial score (nSPS) is 10.6. The van der Waals surface area contributed by atoms with Gasteiger partial charge in [0.25, 0.3) is 0 Å². The molecule has 10 nitrogen and oxygen atoms in total. The average molecular weight is 542 g/mol. The number of carboxylic acids is 4. The van der Waals surface area contributed by atoms with Gasteiger partial charge in [-0.1, -0.05) is 12.1 Å². The van der Waals surface area contributed by atoms with Crippen LogP contribution in [-0.2, 0) is 0 Å². The van der Waals surface area contributed by atoms with Crippen molar-refractivity contribution in [3.8, 4) is 34.1 Å². The summed E-state index contributed by atoms with van der Waals surface area (Å²) in [6.45, 7) is 3.75. The summed E-state index contributed by atoms with van der Waals surface area (Å²) < 4.78 is 11.6. The molecule has 202 valence electrons. The summed E-state index contributed by atoms with van der Waals surface area (Å²) in [4.78, 5) is 45.4. The fourth-order valence-electron chi connectivity index (χ4n) is 4.18. The third kappa shape index (κ3) is 5.76. The van der Waals surface area contributed by atoms with Crippen molar-refractivity contribution in [2.24, 2.45) is 0 Å². The number of hydrogen-bond donors (Lipinski definition) is 4. The van der Waals surface area contributed by atoms with Crippen LogP contribution in [0.15, 0.2) is 72.8 Å². The fraction of sp³-hybridized carbons (Fsp3) is 0.0667. The summed E-state index contributed by atoms with van der Waals surface area (Å²) in [5.74, 6) is -4.25. The van der Waals surface area contributed by atoms with Crippen molar-refractivity contribution in [3.05, 3.63) is 106 Å². The maximum absolute atomic E-state index is 11.5. The lowest BCUT2D eigenvalue weighted by Crippen LogP contribution is -2.08. The van der Waals surface area contributed by atoms with Crippen LogP contribution in [0.5, 0.6) is 23.0 Å². The van der Waals surface area contributed by atoms with Crippen LogP contribution in [0.1, 0.15) is 52.6 Å². The smallest absolute Gasteiger partial charge is 0.336 e. The average Bonchev–Trinajstić information content (AvgIpc) is 2.89. The zero-order valence-corrected chi connectivity index (χ0v) is 21.2. The highest BCUT2D eigenvalue weighted by Gasteiger charge is 2.19. The largest absolute Gasteiger partial charge is 0.478 e. The first-order chi connectivity index (χ1) is 18.9. The van der Waals surface area contributed by atoms with Crippen molar-refractivity contribution in [1.29, 1.82) is 0 Å². The SMILES string of the molecule is Cc1cc(Oc2ccc(C(=O)O)c(C(=O)O)c2)ccc1-c1ccc(Oc2ccc(C(=O)O)c(C(=O)O)c2)cc1C. The van der Waals surface area contributed by atoms with Crippen molar-refractivity contribution in [3.63, 3.8) is 0 Å². The fourth-order valence-corrected chi connectivity index (χ4v) is 4.18. The molecule has 4 aromatic rings. The van der Waals surface area contributed by atoms with Gasteiger partial charge in [-0.3, -0.25) is 0 Å². The summed E-state index contributed by atoms with van der Waals surface area (Å²) >= 11 is 0. The van der Waals surface area contributed by atoms with Crippen molar-refractivity contribution < 1.29 is 49.1 Å². The van der Waals surface area contributed by atoms with E-state index in [9.17, 15) is 39.6 Å². The highest BCUT2D eigenvalue weighted by atomic mass is 16.5. The topological polar surface area (TPSA) is 168 Å². The van der Waals surface area contributed by atoms with Gasteiger partial charge in [0.15, 0.2) is 0 Å². The Hall–Kier alpha value is -5.64. The van der Waals surface area contributed by atoms with Crippen LogP contribution in [0, 0.1) is 13.8 Å². The quantitative estimate of drug-likeness (QED) is 0.187. The first-order valence-electron chi connectivity index (χ1n) is 11.7. The second kappa shape index (κ2) is 11.0. The minimum absolute atomic E-state index is 0.176. The van der Waals surface area contributed by atoms with Gasteiger partial charge in [-0.05, 0) is 96.8 Å². The maximum Gasteiger partial charge on any atom is 0.336 e. The van der Waals surface area contributed by atoms with E-state index < -0.39 is 23.9 Å². The Balaban J connectivity index is 1.56. The highest BCUT2D eigenvalue weighted by molar-refractivity contribution is 6.02. The molecule has 0 aromatic heterocycles. The molecule has 4 aromatic carbocycles. The predicted octanol–water partition coefficient (Wildman–Crippen LogP) is 6.35. The number of carbonyl (C=O) groups is 4. The van der Waals surface area contributed by atoms with Gasteiger partial charge >= 0.3 is 23.9 Å².